The van der Waals surface area contributed by atoms with Gasteiger partial charge in [-0.15, -0.1) is 0 Å². The molecule has 2 rings (SSSR count). The van der Waals surface area contributed by atoms with Crippen molar-refractivity contribution in [1.82, 2.24) is 5.43 Å². The molecule has 0 bridgehead atoms. The summed E-state index contributed by atoms with van der Waals surface area (Å²) in [6.45, 7) is 3.07. The molecule has 0 unspecified atom stereocenters. The van der Waals surface area contributed by atoms with Gasteiger partial charge in [-0.25, -0.2) is 13.8 Å². The number of aryl methyl sites for hydroxylation is 2. The number of amides is 1. The van der Waals surface area contributed by atoms with Gasteiger partial charge in [0.05, 0.1) is 22.6 Å². The minimum atomic E-state index is -3.68. The highest BCUT2D eigenvalue weighted by Gasteiger charge is 2.22. The number of anilines is 1. The van der Waals surface area contributed by atoms with E-state index in [2.05, 4.69) is 26.5 Å². The van der Waals surface area contributed by atoms with Crippen molar-refractivity contribution < 1.29 is 17.6 Å². The van der Waals surface area contributed by atoms with Gasteiger partial charge in [-0.3, -0.25) is 9.10 Å². The van der Waals surface area contributed by atoms with Gasteiger partial charge in [0, 0.05) is 11.1 Å². The van der Waals surface area contributed by atoms with Crippen molar-refractivity contribution in [3.8, 4) is 0 Å². The Hall–Kier alpha value is -1.84. The maximum atomic E-state index is 12.1. The largest absolute Gasteiger partial charge is 0.459 e. The Labute approximate surface area is 165 Å². The van der Waals surface area contributed by atoms with E-state index in [-0.39, 0.29) is 0 Å². The monoisotopic (exact) mass is 461 g/mol. The molecule has 7 nitrogen and oxygen atoms in total. The molecule has 0 fully saturated rings. The Bertz CT molecular complexity index is 937. The minimum absolute atomic E-state index is 0.376. The van der Waals surface area contributed by atoms with Crippen LogP contribution in [0, 0.1) is 13.8 Å². The van der Waals surface area contributed by atoms with Crippen LogP contribution in [0.2, 0.25) is 5.02 Å². The number of hydrogen-bond donors (Lipinski definition) is 1. The van der Waals surface area contributed by atoms with Crippen molar-refractivity contribution in [2.75, 3.05) is 17.1 Å². The van der Waals surface area contributed by atoms with Crippen molar-refractivity contribution in [2.45, 2.75) is 13.8 Å². The molecule has 0 aliphatic heterocycles. The highest BCUT2D eigenvalue weighted by atomic mass is 79.9. The predicted octanol–water partition coefficient (Wildman–Crippen LogP) is 3.23. The van der Waals surface area contributed by atoms with Gasteiger partial charge in [-0.05, 0) is 53.5 Å². The summed E-state index contributed by atoms with van der Waals surface area (Å²) >= 11 is 9.21. The lowest BCUT2D eigenvalue weighted by molar-refractivity contribution is -0.119. The third kappa shape index (κ3) is 5.33. The molecule has 0 saturated carbocycles. The summed E-state index contributed by atoms with van der Waals surface area (Å²) in [4.78, 5) is 12.1. The summed E-state index contributed by atoms with van der Waals surface area (Å²) in [6.07, 6.45) is 2.36. The molecule has 26 heavy (non-hydrogen) atoms. The van der Waals surface area contributed by atoms with Crippen molar-refractivity contribution in [3.05, 3.63) is 50.8 Å². The zero-order valence-corrected chi connectivity index (χ0v) is 17.4. The van der Waals surface area contributed by atoms with Crippen LogP contribution in [0.1, 0.15) is 17.1 Å². The molecule has 0 saturated heterocycles. The maximum Gasteiger partial charge on any atom is 0.260 e. The van der Waals surface area contributed by atoms with Crippen LogP contribution in [0.5, 0.6) is 0 Å². The molecule has 1 amide bonds. The van der Waals surface area contributed by atoms with E-state index in [9.17, 15) is 13.2 Å². The molecule has 0 radical (unpaired) electrons. The highest BCUT2D eigenvalue weighted by molar-refractivity contribution is 9.10. The molecule has 0 aliphatic rings. The Morgan fingerprint density at radius 2 is 2.08 bits per heavy atom. The first-order valence-corrected chi connectivity index (χ1v) is 10.4. The fourth-order valence-electron chi connectivity index (χ4n) is 2.16. The van der Waals surface area contributed by atoms with E-state index in [1.807, 2.05) is 0 Å². The number of sulfonamides is 1. The van der Waals surface area contributed by atoms with Crippen LogP contribution in [-0.2, 0) is 14.8 Å². The van der Waals surface area contributed by atoms with Crippen molar-refractivity contribution in [1.29, 1.82) is 0 Å². The number of nitrogens with one attached hydrogen (secondary N) is 1. The molecular weight excluding hydrogens is 446 g/mol. The van der Waals surface area contributed by atoms with Crippen LogP contribution in [-0.4, -0.2) is 33.3 Å². The Balaban J connectivity index is 2.12. The number of benzene rings is 1. The van der Waals surface area contributed by atoms with Gasteiger partial charge in [0.15, 0.2) is 0 Å². The fraction of sp³-hybridized carbons (Fsp3) is 0.250. The zero-order valence-electron chi connectivity index (χ0n) is 14.3. The number of rotatable bonds is 6. The van der Waals surface area contributed by atoms with Crippen LogP contribution >= 0.6 is 27.5 Å². The first-order chi connectivity index (χ1) is 12.1. The topological polar surface area (TPSA) is 92.0 Å². The lowest BCUT2D eigenvalue weighted by Gasteiger charge is -2.23. The second kappa shape index (κ2) is 8.24. The number of nitrogens with zero attached hydrogens (tertiary/aromatic N) is 2. The maximum absolute atomic E-state index is 12.1. The van der Waals surface area contributed by atoms with Crippen LogP contribution in [0.15, 0.2) is 38.3 Å². The molecule has 1 aromatic heterocycles. The van der Waals surface area contributed by atoms with Crippen molar-refractivity contribution >= 4 is 55.4 Å². The van der Waals surface area contributed by atoms with Crippen molar-refractivity contribution in [2.24, 2.45) is 5.10 Å². The highest BCUT2D eigenvalue weighted by Crippen LogP contribution is 2.25. The van der Waals surface area contributed by atoms with E-state index in [4.69, 9.17) is 16.0 Å². The van der Waals surface area contributed by atoms with E-state index in [0.29, 0.717) is 27.8 Å². The van der Waals surface area contributed by atoms with Crippen LogP contribution in [0.4, 0.5) is 5.69 Å². The second-order valence-electron chi connectivity index (χ2n) is 5.55. The lowest BCUT2D eigenvalue weighted by atomic mass is 10.2. The van der Waals surface area contributed by atoms with E-state index >= 15 is 0 Å². The van der Waals surface area contributed by atoms with Gasteiger partial charge in [0.25, 0.3) is 5.91 Å². The first-order valence-electron chi connectivity index (χ1n) is 7.39. The zero-order chi connectivity index (χ0) is 19.5. The molecule has 10 heteroatoms. The number of hydrazone groups is 1. The number of hydrogen-bond acceptors (Lipinski definition) is 5. The van der Waals surface area contributed by atoms with E-state index in [1.165, 1.54) is 6.21 Å². The van der Waals surface area contributed by atoms with E-state index < -0.39 is 22.5 Å². The molecule has 1 aromatic carbocycles. The summed E-state index contributed by atoms with van der Waals surface area (Å²) in [5.41, 5.74) is 3.30. The average molecular weight is 463 g/mol. The molecule has 1 heterocycles. The SMILES string of the molecule is Cc1cc(Cl)ccc1N(CC(=O)N/N=C\c1cc(Br)c(C)o1)S(C)(=O)=O. The van der Waals surface area contributed by atoms with Gasteiger partial charge < -0.3 is 4.42 Å². The van der Waals surface area contributed by atoms with Gasteiger partial charge >= 0.3 is 0 Å². The third-order valence-electron chi connectivity index (χ3n) is 3.37. The van der Waals surface area contributed by atoms with Gasteiger partial charge in [-0.2, -0.15) is 5.10 Å². The summed E-state index contributed by atoms with van der Waals surface area (Å²) < 4.78 is 31.3. The summed E-state index contributed by atoms with van der Waals surface area (Å²) in [5.74, 6) is 0.533. The molecule has 0 aliphatic carbocycles. The van der Waals surface area contributed by atoms with Gasteiger partial charge in [0.2, 0.25) is 10.0 Å². The molecular formula is C16H17BrClN3O4S. The minimum Gasteiger partial charge on any atom is -0.459 e. The molecule has 2 aromatic rings. The van der Waals surface area contributed by atoms with Gasteiger partial charge in [-0.1, -0.05) is 11.6 Å². The summed E-state index contributed by atoms with van der Waals surface area (Å²) in [5, 5.41) is 4.26. The van der Waals surface area contributed by atoms with E-state index in [0.717, 1.165) is 15.0 Å². The lowest BCUT2D eigenvalue weighted by Crippen LogP contribution is -2.39. The van der Waals surface area contributed by atoms with E-state index in [1.54, 1.807) is 38.1 Å². The van der Waals surface area contributed by atoms with Gasteiger partial charge in [0.1, 0.15) is 18.1 Å². The summed E-state index contributed by atoms with van der Waals surface area (Å²) in [6, 6.07) is 6.45. The summed E-state index contributed by atoms with van der Waals surface area (Å²) in [7, 11) is -3.68. The molecule has 0 spiro atoms. The van der Waals surface area contributed by atoms with Crippen LogP contribution < -0.4 is 9.73 Å². The Morgan fingerprint density at radius 1 is 1.38 bits per heavy atom. The Kier molecular flexibility index (Phi) is 6.48. The number of carbonyl (C=O) groups is 1. The third-order valence-corrected chi connectivity index (χ3v) is 5.52. The average Bonchev–Trinajstić information content (AvgIpc) is 2.83. The predicted molar refractivity (Wildman–Crippen MR) is 105 cm³/mol. The van der Waals surface area contributed by atoms with Crippen molar-refractivity contribution in [3.63, 3.8) is 0 Å². The molecule has 140 valence electrons. The fourth-order valence-corrected chi connectivity index (χ4v) is 3.61. The normalized spacial score (nSPS) is 11.7. The number of halogens is 2. The standard InChI is InChI=1S/C16H17BrClN3O4S/c1-10-6-12(18)4-5-15(10)21(26(3,23)24)9-16(22)20-19-8-13-7-14(17)11(2)25-13/h4-8H,9H2,1-3H3,(H,20,22)/b19-8-. The number of furan rings is 1. The van der Waals surface area contributed by atoms with Crippen LogP contribution in [0.3, 0.4) is 0 Å². The molecule has 1 N–H and O–H groups in total. The smallest absolute Gasteiger partial charge is 0.260 e. The Morgan fingerprint density at radius 3 is 2.62 bits per heavy atom. The quantitative estimate of drug-likeness (QED) is 0.527. The first kappa shape index (κ1) is 20.5. The molecule has 0 atom stereocenters. The van der Waals surface area contributed by atoms with Crippen LogP contribution in [0.25, 0.3) is 0 Å². The number of carbonyl (C=O) groups excluding carboxylic acids is 1. The second-order valence-corrected chi connectivity index (χ2v) is 8.74.